The van der Waals surface area contributed by atoms with Gasteiger partial charge in [-0.05, 0) is 38.4 Å². The second kappa shape index (κ2) is 9.78. The van der Waals surface area contributed by atoms with E-state index in [0.29, 0.717) is 0 Å². The number of nitrogens with zero attached hydrogens (tertiary/aromatic N) is 4. The molecule has 4 rings (SSSR count). The average Bonchev–Trinajstić information content (AvgIpc) is 2.78. The first-order valence-electron chi connectivity index (χ1n) is 10.6. The molecule has 156 valence electrons. The number of morpholine rings is 1. The van der Waals surface area contributed by atoms with Gasteiger partial charge in [-0.15, -0.1) is 0 Å². The molecule has 0 unspecified atom stereocenters. The van der Waals surface area contributed by atoms with Crippen LogP contribution in [0.25, 0.3) is 22.4 Å². The molecule has 0 aliphatic carbocycles. The van der Waals surface area contributed by atoms with Gasteiger partial charge in [-0.25, -0.2) is 9.97 Å². The number of pyridine rings is 1. The summed E-state index contributed by atoms with van der Waals surface area (Å²) in [6.07, 6.45) is 4.83. The molecule has 1 fully saturated rings. The van der Waals surface area contributed by atoms with E-state index < -0.39 is 0 Å². The monoisotopic (exact) mass is 403 g/mol. The van der Waals surface area contributed by atoms with Gasteiger partial charge in [0.15, 0.2) is 0 Å². The van der Waals surface area contributed by atoms with E-state index in [9.17, 15) is 0 Å². The van der Waals surface area contributed by atoms with Crippen LogP contribution < -0.4 is 5.32 Å². The molecule has 0 bridgehead atoms. The van der Waals surface area contributed by atoms with Gasteiger partial charge in [0.25, 0.3) is 0 Å². The zero-order chi connectivity index (χ0) is 20.8. The van der Waals surface area contributed by atoms with Crippen LogP contribution in [-0.4, -0.2) is 59.2 Å². The van der Waals surface area contributed by atoms with Crippen LogP contribution in [-0.2, 0) is 4.74 Å². The maximum absolute atomic E-state index is 5.41. The summed E-state index contributed by atoms with van der Waals surface area (Å²) in [7, 11) is 0. The SMILES string of the molecule is Cc1ccc(-c2cncc(-c3cc(NCCCN4CCOCC4)nc(C)n3)c2)cc1. The van der Waals surface area contributed by atoms with Crippen LogP contribution in [0.3, 0.4) is 0 Å². The highest BCUT2D eigenvalue weighted by Crippen LogP contribution is 2.25. The zero-order valence-corrected chi connectivity index (χ0v) is 17.8. The first kappa shape index (κ1) is 20.4. The van der Waals surface area contributed by atoms with E-state index in [-0.39, 0.29) is 0 Å². The van der Waals surface area contributed by atoms with Gasteiger partial charge in [0.1, 0.15) is 11.6 Å². The summed E-state index contributed by atoms with van der Waals surface area (Å²) < 4.78 is 5.41. The molecule has 1 saturated heterocycles. The van der Waals surface area contributed by atoms with Gasteiger partial charge >= 0.3 is 0 Å². The van der Waals surface area contributed by atoms with E-state index in [1.54, 1.807) is 0 Å². The molecule has 1 aromatic carbocycles. The van der Waals surface area contributed by atoms with E-state index >= 15 is 0 Å². The van der Waals surface area contributed by atoms with Crippen molar-refractivity contribution in [3.8, 4) is 22.4 Å². The predicted molar refractivity (Wildman–Crippen MR) is 121 cm³/mol. The molecule has 6 nitrogen and oxygen atoms in total. The summed E-state index contributed by atoms with van der Waals surface area (Å²) >= 11 is 0. The topological polar surface area (TPSA) is 63.2 Å². The molecule has 1 aliphatic heterocycles. The largest absolute Gasteiger partial charge is 0.379 e. The number of aryl methyl sites for hydroxylation is 2. The number of hydrogen-bond acceptors (Lipinski definition) is 6. The molecule has 3 aromatic rings. The minimum absolute atomic E-state index is 0.754. The van der Waals surface area contributed by atoms with Crippen molar-refractivity contribution < 1.29 is 4.74 Å². The number of nitrogens with one attached hydrogen (secondary N) is 1. The fourth-order valence-corrected chi connectivity index (χ4v) is 3.63. The van der Waals surface area contributed by atoms with Gasteiger partial charge in [0.2, 0.25) is 0 Å². The molecule has 0 atom stereocenters. The zero-order valence-electron chi connectivity index (χ0n) is 17.8. The van der Waals surface area contributed by atoms with Crippen LogP contribution in [0.2, 0.25) is 0 Å². The Morgan fingerprint density at radius 2 is 1.70 bits per heavy atom. The molecule has 6 heteroatoms. The predicted octanol–water partition coefficient (Wildman–Crippen LogP) is 3.96. The Bertz CT molecular complexity index is 968. The first-order valence-corrected chi connectivity index (χ1v) is 10.6. The number of anilines is 1. The summed E-state index contributed by atoms with van der Waals surface area (Å²) in [4.78, 5) is 16.1. The van der Waals surface area contributed by atoms with Crippen LogP contribution in [0.15, 0.2) is 48.8 Å². The highest BCUT2D eigenvalue weighted by molar-refractivity contribution is 5.71. The van der Waals surface area contributed by atoms with Crippen LogP contribution in [0.5, 0.6) is 0 Å². The second-order valence-electron chi connectivity index (χ2n) is 7.75. The lowest BCUT2D eigenvalue weighted by atomic mass is 10.0. The number of aromatic nitrogens is 3. The third kappa shape index (κ3) is 5.40. The maximum atomic E-state index is 5.41. The third-order valence-electron chi connectivity index (χ3n) is 5.32. The van der Waals surface area contributed by atoms with Crippen LogP contribution >= 0.6 is 0 Å². The van der Waals surface area contributed by atoms with Crippen molar-refractivity contribution in [2.75, 3.05) is 44.7 Å². The molecule has 0 saturated carbocycles. The summed E-state index contributed by atoms with van der Waals surface area (Å²) in [6.45, 7) is 9.74. The molecule has 0 radical (unpaired) electrons. The number of ether oxygens (including phenoxy) is 1. The van der Waals surface area contributed by atoms with Crippen LogP contribution in [0, 0.1) is 13.8 Å². The smallest absolute Gasteiger partial charge is 0.130 e. The Hall–Kier alpha value is -2.83. The van der Waals surface area contributed by atoms with Crippen molar-refractivity contribution in [3.05, 3.63) is 60.2 Å². The third-order valence-corrected chi connectivity index (χ3v) is 5.32. The quantitative estimate of drug-likeness (QED) is 0.603. The minimum atomic E-state index is 0.754. The van der Waals surface area contributed by atoms with Crippen molar-refractivity contribution in [1.29, 1.82) is 0 Å². The van der Waals surface area contributed by atoms with Crippen molar-refractivity contribution in [2.45, 2.75) is 20.3 Å². The molecule has 1 N–H and O–H groups in total. The molecule has 0 spiro atoms. The van der Waals surface area contributed by atoms with Gasteiger partial charge < -0.3 is 10.1 Å². The molecular weight excluding hydrogens is 374 g/mol. The van der Waals surface area contributed by atoms with Crippen LogP contribution in [0.4, 0.5) is 5.82 Å². The van der Waals surface area contributed by atoms with Crippen molar-refractivity contribution in [2.24, 2.45) is 0 Å². The Kier molecular flexibility index (Phi) is 6.67. The Morgan fingerprint density at radius 3 is 2.50 bits per heavy atom. The standard InChI is InChI=1S/C24H29N5O/c1-18-4-6-20(7-5-18)21-14-22(17-25-16-21)23-15-24(28-19(2)27-23)26-8-3-9-29-10-12-30-13-11-29/h4-7,14-17H,3,8-13H2,1-2H3,(H,26,27,28). The molecule has 3 heterocycles. The van der Waals surface area contributed by atoms with E-state index in [1.807, 2.05) is 25.4 Å². The van der Waals surface area contributed by atoms with Gasteiger partial charge in [-0.1, -0.05) is 29.8 Å². The first-order chi connectivity index (χ1) is 14.7. The minimum Gasteiger partial charge on any atom is -0.379 e. The normalized spacial score (nSPS) is 14.6. The highest BCUT2D eigenvalue weighted by atomic mass is 16.5. The number of rotatable bonds is 7. The molecule has 1 aliphatic rings. The van der Waals surface area contributed by atoms with E-state index in [0.717, 1.165) is 79.8 Å². The average molecular weight is 404 g/mol. The van der Waals surface area contributed by atoms with E-state index in [2.05, 4.69) is 62.4 Å². The Morgan fingerprint density at radius 1 is 0.933 bits per heavy atom. The molecular formula is C24H29N5O. The van der Waals surface area contributed by atoms with Crippen molar-refractivity contribution in [1.82, 2.24) is 19.9 Å². The van der Waals surface area contributed by atoms with Gasteiger partial charge in [-0.3, -0.25) is 9.88 Å². The summed E-state index contributed by atoms with van der Waals surface area (Å²) in [6, 6.07) is 12.6. The van der Waals surface area contributed by atoms with Gasteiger partial charge in [0.05, 0.1) is 18.9 Å². The van der Waals surface area contributed by atoms with Crippen LogP contribution in [0.1, 0.15) is 17.8 Å². The highest BCUT2D eigenvalue weighted by Gasteiger charge is 2.10. The fourth-order valence-electron chi connectivity index (χ4n) is 3.63. The number of benzene rings is 1. The van der Waals surface area contributed by atoms with Gasteiger partial charge in [-0.2, -0.15) is 0 Å². The van der Waals surface area contributed by atoms with Gasteiger partial charge in [0, 0.05) is 49.2 Å². The molecule has 30 heavy (non-hydrogen) atoms. The lowest BCUT2D eigenvalue weighted by molar-refractivity contribution is 0.0378. The Balaban J connectivity index is 1.43. The lowest BCUT2D eigenvalue weighted by Crippen LogP contribution is -2.37. The summed E-state index contributed by atoms with van der Waals surface area (Å²) in [5, 5.41) is 3.46. The molecule has 0 amide bonds. The Labute approximate surface area is 178 Å². The summed E-state index contributed by atoms with van der Waals surface area (Å²) in [5.41, 5.74) is 5.37. The van der Waals surface area contributed by atoms with E-state index in [1.165, 1.54) is 5.56 Å². The van der Waals surface area contributed by atoms with Crippen molar-refractivity contribution in [3.63, 3.8) is 0 Å². The number of hydrogen-bond donors (Lipinski definition) is 1. The summed E-state index contributed by atoms with van der Waals surface area (Å²) in [5.74, 6) is 1.61. The van der Waals surface area contributed by atoms with Crippen molar-refractivity contribution >= 4 is 5.82 Å². The molecule has 2 aromatic heterocycles. The maximum Gasteiger partial charge on any atom is 0.130 e. The fraction of sp³-hybridized carbons (Fsp3) is 0.375. The lowest BCUT2D eigenvalue weighted by Gasteiger charge is -2.26. The van der Waals surface area contributed by atoms with E-state index in [4.69, 9.17) is 4.74 Å². The second-order valence-corrected chi connectivity index (χ2v) is 7.75.